The van der Waals surface area contributed by atoms with Gasteiger partial charge in [0, 0.05) is 50.4 Å². The highest BCUT2D eigenvalue weighted by Crippen LogP contribution is 2.47. The van der Waals surface area contributed by atoms with Gasteiger partial charge < -0.3 is 20.4 Å². The minimum atomic E-state index is -4.65. The number of alkyl halides is 3. The quantitative estimate of drug-likeness (QED) is 0.751. The van der Waals surface area contributed by atoms with Gasteiger partial charge in [0.05, 0.1) is 23.1 Å². The van der Waals surface area contributed by atoms with Crippen molar-refractivity contribution in [1.82, 2.24) is 9.80 Å². The number of hydrogen-bond donors (Lipinski definition) is 1. The fraction of sp³-hybridized carbons (Fsp3) is 0.591. The summed E-state index contributed by atoms with van der Waals surface area (Å²) in [6.45, 7) is 3.12. The molecule has 0 radical (unpaired) electrons. The van der Waals surface area contributed by atoms with Crippen molar-refractivity contribution in [3.8, 4) is 6.07 Å². The van der Waals surface area contributed by atoms with E-state index in [2.05, 4.69) is 0 Å². The number of carbonyl (C=O) groups is 2. The van der Waals surface area contributed by atoms with Crippen molar-refractivity contribution in [2.24, 2.45) is 17.1 Å². The van der Waals surface area contributed by atoms with Crippen molar-refractivity contribution in [3.05, 3.63) is 29.3 Å². The minimum Gasteiger partial charge on any atom is -0.370 e. The number of hydrogen-bond acceptors (Lipinski definition) is 4. The van der Waals surface area contributed by atoms with Crippen LogP contribution in [0, 0.1) is 22.7 Å². The molecule has 0 aliphatic carbocycles. The third kappa shape index (κ3) is 3.96. The molecule has 1 unspecified atom stereocenters. The van der Waals surface area contributed by atoms with E-state index < -0.39 is 34.5 Å². The molecule has 1 spiro atoms. The van der Waals surface area contributed by atoms with Gasteiger partial charge in [-0.1, -0.05) is 0 Å². The van der Waals surface area contributed by atoms with Gasteiger partial charge in [-0.05, 0) is 43.9 Å². The molecule has 1 aromatic carbocycles. The van der Waals surface area contributed by atoms with Crippen molar-refractivity contribution in [2.75, 3.05) is 44.2 Å². The number of likely N-dealkylation sites (tertiary alicyclic amines) is 2. The van der Waals surface area contributed by atoms with E-state index in [9.17, 15) is 22.8 Å². The molecule has 3 fully saturated rings. The molecule has 3 heterocycles. The third-order valence-corrected chi connectivity index (χ3v) is 7.19. The van der Waals surface area contributed by atoms with E-state index in [1.807, 2.05) is 4.90 Å². The number of primary amides is 1. The Morgan fingerprint density at radius 1 is 1.09 bits per heavy atom. The number of anilines is 1. The number of nitrogens with two attached hydrogens (primary N) is 1. The summed E-state index contributed by atoms with van der Waals surface area (Å²) in [5.41, 5.74) is 4.11. The summed E-state index contributed by atoms with van der Waals surface area (Å²) in [7, 11) is 0. The monoisotopic (exact) mass is 449 g/mol. The largest absolute Gasteiger partial charge is 0.417 e. The van der Waals surface area contributed by atoms with Crippen LogP contribution >= 0.6 is 0 Å². The highest BCUT2D eigenvalue weighted by atomic mass is 19.4. The lowest BCUT2D eigenvalue weighted by atomic mass is 9.70. The van der Waals surface area contributed by atoms with Gasteiger partial charge in [0.1, 0.15) is 0 Å². The lowest BCUT2D eigenvalue weighted by Gasteiger charge is -2.42. The molecule has 172 valence electrons. The van der Waals surface area contributed by atoms with Gasteiger partial charge in [-0.25, -0.2) is 4.79 Å². The molecular formula is C22H26F3N5O2. The Morgan fingerprint density at radius 2 is 1.72 bits per heavy atom. The van der Waals surface area contributed by atoms with Crippen LogP contribution < -0.4 is 10.6 Å². The van der Waals surface area contributed by atoms with Crippen LogP contribution in [0.15, 0.2) is 18.2 Å². The highest BCUT2D eigenvalue weighted by molar-refractivity contribution is 5.80. The smallest absolute Gasteiger partial charge is 0.370 e. The molecule has 7 nitrogen and oxygen atoms in total. The molecule has 32 heavy (non-hydrogen) atoms. The number of amides is 3. The summed E-state index contributed by atoms with van der Waals surface area (Å²) in [6, 6.07) is 5.23. The van der Waals surface area contributed by atoms with Crippen LogP contribution in [0.3, 0.4) is 0 Å². The van der Waals surface area contributed by atoms with E-state index in [1.165, 1.54) is 12.1 Å². The molecule has 1 aromatic rings. The number of piperidine rings is 1. The van der Waals surface area contributed by atoms with Gasteiger partial charge in [0.2, 0.25) is 5.91 Å². The van der Waals surface area contributed by atoms with Crippen molar-refractivity contribution in [1.29, 1.82) is 5.26 Å². The second-order valence-corrected chi connectivity index (χ2v) is 9.00. The first-order valence-electron chi connectivity index (χ1n) is 10.8. The number of benzene rings is 1. The molecule has 10 heteroatoms. The number of nitrogens with zero attached hydrogens (tertiary/aromatic N) is 4. The molecule has 3 aliphatic rings. The zero-order chi connectivity index (χ0) is 23.1. The number of carbonyl (C=O) groups excluding carboxylic acids is 2. The van der Waals surface area contributed by atoms with Gasteiger partial charge in [-0.15, -0.1) is 0 Å². The Hall–Kier alpha value is -2.96. The lowest BCUT2D eigenvalue weighted by Crippen LogP contribution is -2.51. The van der Waals surface area contributed by atoms with Crippen LogP contribution in [-0.2, 0) is 11.0 Å². The summed E-state index contributed by atoms with van der Waals surface area (Å²) in [4.78, 5) is 30.4. The summed E-state index contributed by atoms with van der Waals surface area (Å²) >= 11 is 0. The van der Waals surface area contributed by atoms with Crippen molar-refractivity contribution in [2.45, 2.75) is 31.9 Å². The SMILES string of the molecule is N#Cc1ccc(N2CC(C(N)=O)C3(CCN(C(=O)N4CCCC4)CC3)C2)cc1C(F)(F)F. The van der Waals surface area contributed by atoms with E-state index in [4.69, 9.17) is 11.0 Å². The first-order valence-corrected chi connectivity index (χ1v) is 10.8. The van der Waals surface area contributed by atoms with Gasteiger partial charge in [-0.2, -0.15) is 18.4 Å². The van der Waals surface area contributed by atoms with Crippen LogP contribution in [0.4, 0.5) is 23.7 Å². The van der Waals surface area contributed by atoms with Crippen LogP contribution in [0.5, 0.6) is 0 Å². The fourth-order valence-electron chi connectivity index (χ4n) is 5.38. The fourth-order valence-corrected chi connectivity index (χ4v) is 5.38. The standard InChI is InChI=1S/C22H26F3N5O2/c23-22(24,25)17-11-16(4-3-15(17)12-26)30-13-18(19(27)31)21(14-30)5-9-29(10-6-21)20(32)28-7-1-2-8-28/h3-4,11,18H,1-2,5-10,13-14H2,(H2,27,31). The first kappa shape index (κ1) is 22.2. The molecule has 0 bridgehead atoms. The number of urea groups is 1. The van der Waals surface area contributed by atoms with Crippen molar-refractivity contribution >= 4 is 17.6 Å². The zero-order valence-corrected chi connectivity index (χ0v) is 17.7. The van der Waals surface area contributed by atoms with Crippen molar-refractivity contribution in [3.63, 3.8) is 0 Å². The Kier molecular flexibility index (Phi) is 5.69. The number of halogens is 3. The van der Waals surface area contributed by atoms with Gasteiger partial charge >= 0.3 is 12.2 Å². The summed E-state index contributed by atoms with van der Waals surface area (Å²) < 4.78 is 40.3. The molecule has 3 aliphatic heterocycles. The predicted octanol–water partition coefficient (Wildman–Crippen LogP) is 2.80. The van der Waals surface area contributed by atoms with Gasteiger partial charge in [0.15, 0.2) is 0 Å². The predicted molar refractivity (Wildman–Crippen MR) is 110 cm³/mol. The maximum Gasteiger partial charge on any atom is 0.417 e. The van der Waals surface area contributed by atoms with E-state index >= 15 is 0 Å². The lowest BCUT2D eigenvalue weighted by molar-refractivity contribution is -0.137. The molecule has 0 aromatic heterocycles. The molecule has 2 N–H and O–H groups in total. The van der Waals surface area contributed by atoms with Crippen LogP contribution in [-0.4, -0.2) is 61.0 Å². The van der Waals surface area contributed by atoms with Gasteiger partial charge in [-0.3, -0.25) is 4.79 Å². The summed E-state index contributed by atoms with van der Waals surface area (Å²) in [5, 5.41) is 9.04. The number of rotatable bonds is 2. The molecule has 3 saturated heterocycles. The summed E-state index contributed by atoms with van der Waals surface area (Å²) in [6.07, 6.45) is -1.50. The topological polar surface area (TPSA) is 93.7 Å². The van der Waals surface area contributed by atoms with E-state index in [0.29, 0.717) is 38.2 Å². The molecule has 3 amide bonds. The average Bonchev–Trinajstić information content (AvgIpc) is 3.41. The zero-order valence-electron chi connectivity index (χ0n) is 17.7. The second-order valence-electron chi connectivity index (χ2n) is 9.00. The molecular weight excluding hydrogens is 423 g/mol. The van der Waals surface area contributed by atoms with E-state index in [0.717, 1.165) is 32.0 Å². The maximum atomic E-state index is 13.4. The van der Waals surface area contributed by atoms with Gasteiger partial charge in [0.25, 0.3) is 0 Å². The van der Waals surface area contributed by atoms with Crippen LogP contribution in [0.1, 0.15) is 36.8 Å². The van der Waals surface area contributed by atoms with Crippen LogP contribution in [0.2, 0.25) is 0 Å². The minimum absolute atomic E-state index is 0.0183. The van der Waals surface area contributed by atoms with E-state index in [1.54, 1.807) is 15.9 Å². The average molecular weight is 449 g/mol. The maximum absolute atomic E-state index is 13.4. The van der Waals surface area contributed by atoms with E-state index in [-0.39, 0.29) is 12.6 Å². The van der Waals surface area contributed by atoms with Crippen LogP contribution in [0.25, 0.3) is 0 Å². The Bertz CT molecular complexity index is 944. The first-order chi connectivity index (χ1) is 15.1. The Labute approximate surface area is 184 Å². The Balaban J connectivity index is 1.54. The summed E-state index contributed by atoms with van der Waals surface area (Å²) in [5.74, 6) is -0.993. The number of nitriles is 1. The molecule has 0 saturated carbocycles. The second kappa shape index (κ2) is 8.19. The third-order valence-electron chi connectivity index (χ3n) is 7.19. The van der Waals surface area contributed by atoms with Crippen molar-refractivity contribution < 1.29 is 22.8 Å². The normalized spacial score (nSPS) is 22.9. The Morgan fingerprint density at radius 3 is 2.28 bits per heavy atom. The molecule has 4 rings (SSSR count). The highest BCUT2D eigenvalue weighted by Gasteiger charge is 2.51. The molecule has 1 atom stereocenters.